The summed E-state index contributed by atoms with van der Waals surface area (Å²) in [5, 5.41) is 3.19. The van der Waals surface area contributed by atoms with Crippen LogP contribution in [0.15, 0.2) is 6.07 Å². The topological polar surface area (TPSA) is 98.7 Å². The van der Waals surface area contributed by atoms with Crippen molar-refractivity contribution in [2.24, 2.45) is 0 Å². The van der Waals surface area contributed by atoms with E-state index >= 15 is 0 Å². The summed E-state index contributed by atoms with van der Waals surface area (Å²) in [5.74, 6) is 2.14. The minimum absolute atomic E-state index is 0.129. The second-order valence-electron chi connectivity index (χ2n) is 6.08. The first-order valence-corrected chi connectivity index (χ1v) is 10.1. The number of nitrogens with zero attached hydrogens (tertiary/aromatic N) is 5. The van der Waals surface area contributed by atoms with E-state index in [0.29, 0.717) is 32.0 Å². The molecule has 0 radical (unpaired) electrons. The predicted molar refractivity (Wildman–Crippen MR) is 97.2 cm³/mol. The van der Waals surface area contributed by atoms with Crippen molar-refractivity contribution in [3.8, 4) is 0 Å². The molecule has 10 heteroatoms. The van der Waals surface area contributed by atoms with Gasteiger partial charge in [-0.15, -0.1) is 0 Å². The van der Waals surface area contributed by atoms with Crippen molar-refractivity contribution in [1.82, 2.24) is 19.2 Å². The second kappa shape index (κ2) is 7.96. The lowest BCUT2D eigenvalue weighted by molar-refractivity contribution is -0.131. The summed E-state index contributed by atoms with van der Waals surface area (Å²) in [7, 11) is -1.94. The molecule has 0 saturated carbocycles. The van der Waals surface area contributed by atoms with Crippen molar-refractivity contribution in [3.63, 3.8) is 0 Å². The molecule has 2 heterocycles. The Kier molecular flexibility index (Phi) is 6.17. The summed E-state index contributed by atoms with van der Waals surface area (Å²) in [6.45, 7) is 6.89. The third-order valence-corrected chi connectivity index (χ3v) is 5.32. The Morgan fingerprint density at radius 2 is 1.92 bits per heavy atom. The van der Waals surface area contributed by atoms with Crippen LogP contribution in [-0.2, 0) is 14.8 Å². The molecule has 140 valence electrons. The zero-order valence-corrected chi connectivity index (χ0v) is 16.0. The lowest BCUT2D eigenvalue weighted by atomic mass is 10.3. The molecule has 0 aromatic carbocycles. The maximum Gasteiger partial charge on any atom is 0.238 e. The summed E-state index contributed by atoms with van der Waals surface area (Å²) in [6, 6.07) is 1.91. The number of aromatic nitrogens is 2. The van der Waals surface area contributed by atoms with E-state index in [9.17, 15) is 13.2 Å². The first-order valence-electron chi connectivity index (χ1n) is 8.24. The summed E-state index contributed by atoms with van der Waals surface area (Å²) in [5.41, 5.74) is 0. The van der Waals surface area contributed by atoms with Gasteiger partial charge in [0.05, 0.1) is 12.8 Å². The quantitative estimate of drug-likeness (QED) is 0.738. The summed E-state index contributed by atoms with van der Waals surface area (Å²) < 4.78 is 23.9. The van der Waals surface area contributed by atoms with Crippen LogP contribution >= 0.6 is 0 Å². The highest BCUT2D eigenvalue weighted by molar-refractivity contribution is 7.88. The number of nitrogens with one attached hydrogen (secondary N) is 1. The van der Waals surface area contributed by atoms with Gasteiger partial charge in [0.15, 0.2) is 0 Å². The molecule has 0 aliphatic carbocycles. The van der Waals surface area contributed by atoms with Crippen molar-refractivity contribution in [2.75, 3.05) is 62.8 Å². The molecule has 1 N–H and O–H groups in total. The van der Waals surface area contributed by atoms with Gasteiger partial charge in [0.25, 0.3) is 0 Å². The summed E-state index contributed by atoms with van der Waals surface area (Å²) >= 11 is 0. The average Bonchev–Trinajstić information content (AvgIpc) is 2.54. The maximum atomic E-state index is 12.3. The minimum Gasteiger partial charge on any atom is -0.370 e. The lowest BCUT2D eigenvalue weighted by Crippen LogP contribution is -2.51. The van der Waals surface area contributed by atoms with Gasteiger partial charge in [0.1, 0.15) is 17.5 Å². The summed E-state index contributed by atoms with van der Waals surface area (Å²) in [4.78, 5) is 24.9. The molecular weight excluding hydrogens is 344 g/mol. The molecule has 1 saturated heterocycles. The highest BCUT2D eigenvalue weighted by atomic mass is 32.2. The first kappa shape index (κ1) is 19.4. The van der Waals surface area contributed by atoms with E-state index in [1.807, 2.05) is 19.9 Å². The van der Waals surface area contributed by atoms with Gasteiger partial charge >= 0.3 is 0 Å². The monoisotopic (exact) mass is 370 g/mol. The van der Waals surface area contributed by atoms with Gasteiger partial charge in [0.2, 0.25) is 15.9 Å². The molecule has 0 atom stereocenters. The lowest BCUT2D eigenvalue weighted by Gasteiger charge is -2.36. The number of likely N-dealkylation sites (N-methyl/N-ethyl adjacent to an activating group) is 1. The molecule has 25 heavy (non-hydrogen) atoms. The molecule has 1 aromatic rings. The molecule has 0 bridgehead atoms. The van der Waals surface area contributed by atoms with E-state index < -0.39 is 10.0 Å². The number of carbonyl (C=O) groups excluding carboxylic acids is 1. The number of sulfonamides is 1. The van der Waals surface area contributed by atoms with Gasteiger partial charge in [-0.3, -0.25) is 4.79 Å². The number of rotatable bonds is 6. The van der Waals surface area contributed by atoms with Crippen LogP contribution in [0.25, 0.3) is 0 Å². The second-order valence-corrected chi connectivity index (χ2v) is 8.17. The molecule has 2 rings (SSSR count). The number of amides is 1. The smallest absolute Gasteiger partial charge is 0.238 e. The van der Waals surface area contributed by atoms with Crippen molar-refractivity contribution < 1.29 is 13.2 Å². The SMILES string of the molecule is CCNc1cc(N2CCN(C(=O)CN(C)S(C)(=O)=O)CC2)nc(C)n1. The zero-order valence-electron chi connectivity index (χ0n) is 15.2. The largest absolute Gasteiger partial charge is 0.370 e. The molecule has 1 amide bonds. The van der Waals surface area contributed by atoms with Crippen LogP contribution in [-0.4, -0.2) is 86.1 Å². The Balaban J connectivity index is 1.96. The van der Waals surface area contributed by atoms with Gasteiger partial charge < -0.3 is 15.1 Å². The highest BCUT2D eigenvalue weighted by Crippen LogP contribution is 2.18. The Hall–Kier alpha value is -1.94. The van der Waals surface area contributed by atoms with Crippen molar-refractivity contribution in [1.29, 1.82) is 0 Å². The van der Waals surface area contributed by atoms with Gasteiger partial charge in [-0.25, -0.2) is 18.4 Å². The molecule has 0 unspecified atom stereocenters. The van der Waals surface area contributed by atoms with Crippen LogP contribution in [0.4, 0.5) is 11.6 Å². The van der Waals surface area contributed by atoms with E-state index in [4.69, 9.17) is 0 Å². The van der Waals surface area contributed by atoms with Crippen LogP contribution < -0.4 is 10.2 Å². The average molecular weight is 370 g/mol. The van der Waals surface area contributed by atoms with Gasteiger partial charge in [-0.1, -0.05) is 0 Å². The van der Waals surface area contributed by atoms with Crippen LogP contribution in [0, 0.1) is 6.92 Å². The number of hydrogen-bond donors (Lipinski definition) is 1. The number of carbonyl (C=O) groups is 1. The summed E-state index contributed by atoms with van der Waals surface area (Å²) in [6.07, 6.45) is 1.09. The van der Waals surface area contributed by atoms with Crippen LogP contribution in [0.2, 0.25) is 0 Å². The fraction of sp³-hybridized carbons (Fsp3) is 0.667. The molecular formula is C15H26N6O3S. The van der Waals surface area contributed by atoms with Crippen molar-refractivity contribution in [2.45, 2.75) is 13.8 Å². The third kappa shape index (κ3) is 5.27. The van der Waals surface area contributed by atoms with E-state index in [1.54, 1.807) is 4.90 Å². The highest BCUT2D eigenvalue weighted by Gasteiger charge is 2.25. The number of anilines is 2. The fourth-order valence-corrected chi connectivity index (χ4v) is 2.92. The molecule has 1 fully saturated rings. The van der Waals surface area contributed by atoms with Crippen molar-refractivity contribution in [3.05, 3.63) is 11.9 Å². The molecule has 0 spiro atoms. The van der Waals surface area contributed by atoms with Gasteiger partial charge in [0, 0.05) is 45.8 Å². The Bertz CT molecular complexity index is 716. The Labute approximate surface area is 149 Å². The van der Waals surface area contributed by atoms with Crippen molar-refractivity contribution >= 4 is 27.6 Å². The van der Waals surface area contributed by atoms with Gasteiger partial charge in [-0.05, 0) is 13.8 Å². The molecule has 9 nitrogen and oxygen atoms in total. The number of aryl methyl sites for hydroxylation is 1. The Morgan fingerprint density at radius 3 is 2.48 bits per heavy atom. The first-order chi connectivity index (χ1) is 11.7. The number of piperazine rings is 1. The van der Waals surface area contributed by atoms with E-state index in [-0.39, 0.29) is 12.5 Å². The molecule has 1 aliphatic heterocycles. The van der Waals surface area contributed by atoms with E-state index in [2.05, 4.69) is 20.2 Å². The number of hydrogen-bond acceptors (Lipinski definition) is 7. The fourth-order valence-electron chi connectivity index (χ4n) is 2.58. The van der Waals surface area contributed by atoms with Crippen LogP contribution in [0.1, 0.15) is 12.7 Å². The van der Waals surface area contributed by atoms with Crippen LogP contribution in [0.5, 0.6) is 0 Å². The molecule has 1 aliphatic rings. The van der Waals surface area contributed by atoms with Gasteiger partial charge in [-0.2, -0.15) is 4.31 Å². The zero-order chi connectivity index (χ0) is 18.6. The standard InChI is InChI=1S/C15H26N6O3S/c1-5-16-13-10-14(18-12(2)17-13)20-6-8-21(9-7-20)15(22)11-19(3)25(4,23)24/h10H,5-9,11H2,1-4H3,(H,16,17,18). The Morgan fingerprint density at radius 1 is 1.28 bits per heavy atom. The van der Waals surface area contributed by atoms with Crippen LogP contribution in [0.3, 0.4) is 0 Å². The van der Waals surface area contributed by atoms with E-state index in [1.165, 1.54) is 7.05 Å². The van der Waals surface area contributed by atoms with E-state index in [0.717, 1.165) is 28.7 Å². The molecule has 1 aromatic heterocycles. The third-order valence-electron chi connectivity index (χ3n) is 4.06. The predicted octanol–water partition coefficient (Wildman–Crippen LogP) is -0.243. The minimum atomic E-state index is -3.35. The maximum absolute atomic E-state index is 12.3. The normalized spacial score (nSPS) is 15.6.